The topological polar surface area (TPSA) is 50.9 Å². The van der Waals surface area contributed by atoms with Crippen LogP contribution in [0.1, 0.15) is 5.69 Å². The van der Waals surface area contributed by atoms with E-state index in [1.807, 2.05) is 24.3 Å². The summed E-state index contributed by atoms with van der Waals surface area (Å²) in [6.45, 7) is 0.779. The van der Waals surface area contributed by atoms with Crippen molar-refractivity contribution >= 4 is 23.0 Å². The Kier molecular flexibility index (Phi) is 3.83. The SMILES string of the molecule is Nc1ccc(Cl)cc1NCCc1ccccn1. The van der Waals surface area contributed by atoms with Gasteiger partial charge in [0, 0.05) is 29.9 Å². The fraction of sp³-hybridized carbons (Fsp3) is 0.154. The molecule has 0 aliphatic carbocycles. The zero-order valence-electron chi connectivity index (χ0n) is 9.36. The van der Waals surface area contributed by atoms with Gasteiger partial charge in [-0.05, 0) is 30.3 Å². The van der Waals surface area contributed by atoms with Crippen LogP contribution in [0.15, 0.2) is 42.6 Å². The molecule has 0 spiro atoms. The number of hydrogen-bond acceptors (Lipinski definition) is 3. The number of nitrogens with zero attached hydrogens (tertiary/aromatic N) is 1. The van der Waals surface area contributed by atoms with Crippen LogP contribution in [0, 0.1) is 0 Å². The van der Waals surface area contributed by atoms with Gasteiger partial charge in [-0.3, -0.25) is 4.98 Å². The van der Waals surface area contributed by atoms with Crippen LogP contribution in [0.25, 0.3) is 0 Å². The second kappa shape index (κ2) is 5.55. The Labute approximate surface area is 106 Å². The van der Waals surface area contributed by atoms with Gasteiger partial charge >= 0.3 is 0 Å². The minimum absolute atomic E-state index is 0.680. The molecule has 0 aliphatic heterocycles. The minimum Gasteiger partial charge on any atom is -0.397 e. The molecule has 0 fully saturated rings. The highest BCUT2D eigenvalue weighted by Gasteiger charge is 1.99. The zero-order valence-corrected chi connectivity index (χ0v) is 10.1. The molecule has 0 saturated carbocycles. The molecule has 0 atom stereocenters. The van der Waals surface area contributed by atoms with Crippen molar-refractivity contribution in [3.05, 3.63) is 53.3 Å². The van der Waals surface area contributed by atoms with Crippen molar-refractivity contribution in [2.24, 2.45) is 0 Å². The molecule has 1 aromatic carbocycles. The van der Waals surface area contributed by atoms with Crippen molar-refractivity contribution in [3.63, 3.8) is 0 Å². The fourth-order valence-corrected chi connectivity index (χ4v) is 1.72. The quantitative estimate of drug-likeness (QED) is 0.817. The Morgan fingerprint density at radius 3 is 2.88 bits per heavy atom. The largest absolute Gasteiger partial charge is 0.397 e. The van der Waals surface area contributed by atoms with Crippen LogP contribution in [0.4, 0.5) is 11.4 Å². The number of rotatable bonds is 4. The highest BCUT2D eigenvalue weighted by atomic mass is 35.5. The van der Waals surface area contributed by atoms with E-state index in [2.05, 4.69) is 10.3 Å². The molecule has 1 aromatic heterocycles. The number of nitrogen functional groups attached to an aromatic ring is 1. The van der Waals surface area contributed by atoms with Crippen molar-refractivity contribution in [2.45, 2.75) is 6.42 Å². The van der Waals surface area contributed by atoms with E-state index in [0.717, 1.165) is 24.3 Å². The van der Waals surface area contributed by atoms with Crippen LogP contribution < -0.4 is 11.1 Å². The van der Waals surface area contributed by atoms with E-state index in [9.17, 15) is 0 Å². The predicted molar refractivity (Wildman–Crippen MR) is 72.3 cm³/mol. The van der Waals surface area contributed by atoms with E-state index in [1.165, 1.54) is 0 Å². The summed E-state index contributed by atoms with van der Waals surface area (Å²) < 4.78 is 0. The van der Waals surface area contributed by atoms with Gasteiger partial charge in [0.2, 0.25) is 0 Å². The highest BCUT2D eigenvalue weighted by molar-refractivity contribution is 6.31. The van der Waals surface area contributed by atoms with Gasteiger partial charge in [-0.15, -0.1) is 0 Å². The van der Waals surface area contributed by atoms with Gasteiger partial charge in [-0.1, -0.05) is 17.7 Å². The van der Waals surface area contributed by atoms with E-state index in [-0.39, 0.29) is 0 Å². The number of nitrogens with one attached hydrogen (secondary N) is 1. The van der Waals surface area contributed by atoms with Crippen molar-refractivity contribution in [3.8, 4) is 0 Å². The first-order valence-electron chi connectivity index (χ1n) is 5.44. The van der Waals surface area contributed by atoms with Crippen LogP contribution in [-0.4, -0.2) is 11.5 Å². The first kappa shape index (κ1) is 11.7. The molecule has 0 aliphatic rings. The number of benzene rings is 1. The summed E-state index contributed by atoms with van der Waals surface area (Å²) in [7, 11) is 0. The number of hydrogen-bond donors (Lipinski definition) is 2. The Hall–Kier alpha value is -1.74. The van der Waals surface area contributed by atoms with Crippen LogP contribution in [0.5, 0.6) is 0 Å². The van der Waals surface area contributed by atoms with Gasteiger partial charge in [-0.2, -0.15) is 0 Å². The fourth-order valence-electron chi connectivity index (χ4n) is 1.55. The molecular weight excluding hydrogens is 234 g/mol. The van der Waals surface area contributed by atoms with E-state index in [0.29, 0.717) is 10.7 Å². The Bertz CT molecular complexity index is 485. The van der Waals surface area contributed by atoms with Crippen LogP contribution in [0.3, 0.4) is 0 Å². The number of pyridine rings is 1. The maximum atomic E-state index is 5.90. The lowest BCUT2D eigenvalue weighted by atomic mass is 10.2. The number of aromatic nitrogens is 1. The number of anilines is 2. The molecule has 3 nitrogen and oxygen atoms in total. The molecule has 2 aromatic rings. The zero-order chi connectivity index (χ0) is 12.1. The van der Waals surface area contributed by atoms with Gasteiger partial charge in [0.1, 0.15) is 0 Å². The van der Waals surface area contributed by atoms with E-state index in [1.54, 1.807) is 18.3 Å². The molecular formula is C13H14ClN3. The molecule has 3 N–H and O–H groups in total. The summed E-state index contributed by atoms with van der Waals surface area (Å²) in [6.07, 6.45) is 2.65. The van der Waals surface area contributed by atoms with Gasteiger partial charge in [0.25, 0.3) is 0 Å². The number of halogens is 1. The van der Waals surface area contributed by atoms with E-state index in [4.69, 9.17) is 17.3 Å². The predicted octanol–water partition coefficient (Wildman–Crippen LogP) is 2.97. The average molecular weight is 248 g/mol. The Balaban J connectivity index is 1.92. The summed E-state index contributed by atoms with van der Waals surface area (Å²) in [5.41, 5.74) is 8.46. The summed E-state index contributed by atoms with van der Waals surface area (Å²) >= 11 is 5.90. The van der Waals surface area contributed by atoms with Crippen LogP contribution in [-0.2, 0) is 6.42 Å². The highest BCUT2D eigenvalue weighted by Crippen LogP contribution is 2.22. The number of nitrogens with two attached hydrogens (primary N) is 1. The average Bonchev–Trinajstić information content (AvgIpc) is 2.35. The van der Waals surface area contributed by atoms with Gasteiger partial charge in [-0.25, -0.2) is 0 Å². The third kappa shape index (κ3) is 3.36. The van der Waals surface area contributed by atoms with Crippen molar-refractivity contribution < 1.29 is 0 Å². The molecule has 0 radical (unpaired) electrons. The second-order valence-corrected chi connectivity index (χ2v) is 4.17. The Morgan fingerprint density at radius 1 is 1.24 bits per heavy atom. The maximum absolute atomic E-state index is 5.90. The molecule has 0 amide bonds. The molecule has 88 valence electrons. The summed E-state index contributed by atoms with van der Waals surface area (Å²) in [6, 6.07) is 11.3. The van der Waals surface area contributed by atoms with Crippen molar-refractivity contribution in [1.82, 2.24) is 4.98 Å². The lowest BCUT2D eigenvalue weighted by Gasteiger charge is -2.09. The molecule has 0 bridgehead atoms. The summed E-state index contributed by atoms with van der Waals surface area (Å²) in [5.74, 6) is 0. The van der Waals surface area contributed by atoms with Gasteiger partial charge in [0.15, 0.2) is 0 Å². The first-order valence-corrected chi connectivity index (χ1v) is 5.82. The Morgan fingerprint density at radius 2 is 2.12 bits per heavy atom. The molecule has 17 heavy (non-hydrogen) atoms. The van der Waals surface area contributed by atoms with E-state index < -0.39 is 0 Å². The summed E-state index contributed by atoms with van der Waals surface area (Å²) in [5, 5.41) is 3.93. The third-order valence-electron chi connectivity index (χ3n) is 2.44. The smallest absolute Gasteiger partial charge is 0.0588 e. The lowest BCUT2D eigenvalue weighted by Crippen LogP contribution is -2.07. The molecule has 4 heteroatoms. The third-order valence-corrected chi connectivity index (χ3v) is 2.67. The van der Waals surface area contributed by atoms with Crippen molar-refractivity contribution in [1.29, 1.82) is 0 Å². The van der Waals surface area contributed by atoms with Gasteiger partial charge < -0.3 is 11.1 Å². The maximum Gasteiger partial charge on any atom is 0.0588 e. The molecule has 2 rings (SSSR count). The monoisotopic (exact) mass is 247 g/mol. The van der Waals surface area contributed by atoms with E-state index >= 15 is 0 Å². The first-order chi connectivity index (χ1) is 8.25. The molecule has 0 saturated heterocycles. The van der Waals surface area contributed by atoms with Crippen LogP contribution >= 0.6 is 11.6 Å². The minimum atomic E-state index is 0.680. The normalized spacial score (nSPS) is 10.2. The van der Waals surface area contributed by atoms with Crippen LogP contribution in [0.2, 0.25) is 5.02 Å². The lowest BCUT2D eigenvalue weighted by molar-refractivity contribution is 0.962. The van der Waals surface area contributed by atoms with Gasteiger partial charge in [0.05, 0.1) is 11.4 Å². The standard InChI is InChI=1S/C13H14ClN3/c14-10-4-5-12(15)13(9-10)17-8-6-11-3-1-2-7-16-11/h1-5,7,9,17H,6,8,15H2. The molecule has 0 unspecified atom stereocenters. The molecule has 1 heterocycles. The summed E-state index contributed by atoms with van der Waals surface area (Å²) in [4.78, 5) is 4.25. The van der Waals surface area contributed by atoms with Crippen molar-refractivity contribution in [2.75, 3.05) is 17.6 Å². The second-order valence-electron chi connectivity index (χ2n) is 3.73.